The van der Waals surface area contributed by atoms with E-state index in [1.54, 1.807) is 20.8 Å². The predicted molar refractivity (Wildman–Crippen MR) is 130 cm³/mol. The van der Waals surface area contributed by atoms with E-state index in [0.717, 1.165) is 15.0 Å². The maximum atomic E-state index is 13.0. The number of aromatic nitrogens is 2. The van der Waals surface area contributed by atoms with Gasteiger partial charge in [-0.3, -0.25) is 23.9 Å². The average Bonchev–Trinajstić information content (AvgIpc) is 2.76. The molecule has 0 saturated heterocycles. The first-order chi connectivity index (χ1) is 16.8. The van der Waals surface area contributed by atoms with Crippen molar-refractivity contribution in [2.75, 3.05) is 19.7 Å². The Hall–Kier alpha value is -3.93. The van der Waals surface area contributed by atoms with Gasteiger partial charge in [-0.2, -0.15) is 0 Å². The number of ether oxygens (including phenoxy) is 2. The molecule has 2 amide bonds. The Morgan fingerprint density at radius 1 is 1.17 bits per heavy atom. The van der Waals surface area contributed by atoms with Crippen molar-refractivity contribution in [3.63, 3.8) is 0 Å². The number of carboxylic acids is 1. The van der Waals surface area contributed by atoms with Crippen LogP contribution in [0.2, 0.25) is 0 Å². The molecule has 1 heterocycles. The molecule has 196 valence electrons. The second kappa shape index (κ2) is 12.7. The summed E-state index contributed by atoms with van der Waals surface area (Å²) in [5.41, 5.74) is -1.06. The summed E-state index contributed by atoms with van der Waals surface area (Å²) >= 11 is 0. The molecule has 0 aliphatic rings. The summed E-state index contributed by atoms with van der Waals surface area (Å²) in [5.74, 6) is -1.99. The zero-order chi connectivity index (χ0) is 26.9. The van der Waals surface area contributed by atoms with Gasteiger partial charge in [-0.25, -0.2) is 9.59 Å². The molecule has 12 heteroatoms. The number of carboxylic acid groups (broad SMARTS) is 1. The van der Waals surface area contributed by atoms with Crippen LogP contribution >= 0.6 is 0 Å². The predicted octanol–water partition coefficient (Wildman–Crippen LogP) is 0.868. The highest BCUT2D eigenvalue weighted by molar-refractivity contribution is 5.81. The van der Waals surface area contributed by atoms with E-state index in [1.807, 2.05) is 30.3 Å². The molecule has 0 aliphatic carbocycles. The third-order valence-corrected chi connectivity index (χ3v) is 4.77. The molecule has 2 aromatic rings. The van der Waals surface area contributed by atoms with Crippen LogP contribution in [-0.2, 0) is 32.2 Å². The van der Waals surface area contributed by atoms with E-state index in [-0.39, 0.29) is 25.3 Å². The van der Waals surface area contributed by atoms with E-state index in [1.165, 1.54) is 13.1 Å². The minimum atomic E-state index is -1.28. The molecule has 0 fully saturated rings. The third-order valence-electron chi connectivity index (χ3n) is 4.77. The lowest BCUT2D eigenvalue weighted by atomic mass is 10.2. The van der Waals surface area contributed by atoms with E-state index in [9.17, 15) is 29.1 Å². The lowest BCUT2D eigenvalue weighted by molar-refractivity contribution is -0.145. The first-order valence-electron chi connectivity index (χ1n) is 11.2. The lowest BCUT2D eigenvalue weighted by Gasteiger charge is -2.28. The number of hydrogen-bond donors (Lipinski definition) is 3. The summed E-state index contributed by atoms with van der Waals surface area (Å²) in [6.07, 6.45) is 0.461. The third kappa shape index (κ3) is 9.74. The Labute approximate surface area is 207 Å². The minimum Gasteiger partial charge on any atom is -0.480 e. The Morgan fingerprint density at radius 3 is 2.44 bits per heavy atom. The van der Waals surface area contributed by atoms with E-state index < -0.39 is 54.0 Å². The minimum absolute atomic E-state index is 0.0464. The molecule has 36 heavy (non-hydrogen) atoms. The molecule has 1 atom stereocenters. The summed E-state index contributed by atoms with van der Waals surface area (Å²) in [6.45, 7) is 5.32. The number of alkyl carbamates (subject to hydrolysis) is 1. The number of benzene rings is 1. The van der Waals surface area contributed by atoms with Crippen LogP contribution in [0.25, 0.3) is 0 Å². The fraction of sp³-hybridized carbons (Fsp3) is 0.458. The molecule has 3 N–H and O–H groups in total. The van der Waals surface area contributed by atoms with Gasteiger partial charge in [0.05, 0.1) is 19.3 Å². The van der Waals surface area contributed by atoms with Gasteiger partial charge in [0.1, 0.15) is 18.7 Å². The van der Waals surface area contributed by atoms with Gasteiger partial charge in [0.25, 0.3) is 5.56 Å². The SMILES string of the molecule is Cc1cn(CC(=O)N(CC(=O)O)C[C@@H](COCc2ccccc2)NC(=O)OC(C)(C)C)c(=O)[nH]c1=O. The zero-order valence-corrected chi connectivity index (χ0v) is 20.8. The Bertz CT molecular complexity index is 1170. The molecule has 0 saturated carbocycles. The summed E-state index contributed by atoms with van der Waals surface area (Å²) in [5, 5.41) is 12.0. The monoisotopic (exact) mass is 504 g/mol. The molecule has 12 nitrogen and oxygen atoms in total. The van der Waals surface area contributed by atoms with Gasteiger partial charge >= 0.3 is 17.8 Å². The molecule has 0 spiro atoms. The number of aromatic amines is 1. The van der Waals surface area contributed by atoms with Crippen molar-refractivity contribution < 1.29 is 29.0 Å². The number of carbonyl (C=O) groups excluding carboxylic acids is 2. The molecule has 0 bridgehead atoms. The van der Waals surface area contributed by atoms with E-state index in [0.29, 0.717) is 0 Å². The summed E-state index contributed by atoms with van der Waals surface area (Å²) in [4.78, 5) is 63.6. The van der Waals surface area contributed by atoms with Crippen LogP contribution in [0.1, 0.15) is 31.9 Å². The van der Waals surface area contributed by atoms with E-state index in [4.69, 9.17) is 9.47 Å². The van der Waals surface area contributed by atoms with Crippen LogP contribution in [0.15, 0.2) is 46.1 Å². The van der Waals surface area contributed by atoms with Gasteiger partial charge in [-0.05, 0) is 33.3 Å². The number of aliphatic carboxylic acids is 1. The van der Waals surface area contributed by atoms with Crippen molar-refractivity contribution in [1.82, 2.24) is 19.8 Å². The number of amides is 2. The number of rotatable bonds is 11. The lowest BCUT2D eigenvalue weighted by Crippen LogP contribution is -2.51. The number of hydrogen-bond acceptors (Lipinski definition) is 7. The fourth-order valence-corrected chi connectivity index (χ4v) is 3.17. The summed E-state index contributed by atoms with van der Waals surface area (Å²) in [6, 6.07) is 8.47. The number of nitrogens with one attached hydrogen (secondary N) is 2. The van der Waals surface area contributed by atoms with E-state index in [2.05, 4.69) is 10.3 Å². The maximum Gasteiger partial charge on any atom is 0.408 e. The number of aryl methyl sites for hydroxylation is 1. The second-order valence-corrected chi connectivity index (χ2v) is 9.21. The van der Waals surface area contributed by atoms with Crippen LogP contribution in [0, 0.1) is 6.92 Å². The largest absolute Gasteiger partial charge is 0.480 e. The molecule has 0 aliphatic heterocycles. The van der Waals surface area contributed by atoms with Crippen molar-refractivity contribution in [2.24, 2.45) is 0 Å². The van der Waals surface area contributed by atoms with Crippen molar-refractivity contribution in [1.29, 1.82) is 0 Å². The van der Waals surface area contributed by atoms with Crippen molar-refractivity contribution in [3.05, 3.63) is 68.5 Å². The molecule has 0 unspecified atom stereocenters. The standard InChI is InChI=1S/C24H32N4O8/c1-16-10-28(22(33)26-21(16)32)12-19(29)27(13-20(30)31)11-18(25-23(34)36-24(2,3)4)15-35-14-17-8-6-5-7-9-17/h5-10,18H,11-15H2,1-4H3,(H,25,34)(H,30,31)(H,26,32,33)/t18-/m0/s1. The Balaban J connectivity index is 2.19. The van der Waals surface area contributed by atoms with Gasteiger partial charge in [0.2, 0.25) is 5.91 Å². The second-order valence-electron chi connectivity index (χ2n) is 9.21. The average molecular weight is 505 g/mol. The van der Waals surface area contributed by atoms with E-state index >= 15 is 0 Å². The maximum absolute atomic E-state index is 13.0. The number of carbonyl (C=O) groups is 3. The van der Waals surface area contributed by atoms with Crippen LogP contribution in [-0.4, -0.2) is 68.9 Å². The molecule has 2 rings (SSSR count). The molecule has 1 aromatic heterocycles. The first kappa shape index (κ1) is 28.3. The number of nitrogens with zero attached hydrogens (tertiary/aromatic N) is 2. The quantitative estimate of drug-likeness (QED) is 0.406. The van der Waals surface area contributed by atoms with Crippen LogP contribution < -0.4 is 16.6 Å². The highest BCUT2D eigenvalue weighted by atomic mass is 16.6. The fourth-order valence-electron chi connectivity index (χ4n) is 3.17. The topological polar surface area (TPSA) is 160 Å². The first-order valence-corrected chi connectivity index (χ1v) is 11.2. The highest BCUT2D eigenvalue weighted by Crippen LogP contribution is 2.08. The molecular weight excluding hydrogens is 472 g/mol. The van der Waals surface area contributed by atoms with Gasteiger partial charge in [-0.1, -0.05) is 30.3 Å². The molecule has 1 aromatic carbocycles. The molecular formula is C24H32N4O8. The molecule has 0 radical (unpaired) electrons. The normalized spacial score (nSPS) is 12.0. The summed E-state index contributed by atoms with van der Waals surface area (Å²) < 4.78 is 12.0. The Kier molecular flexibility index (Phi) is 9.97. The van der Waals surface area contributed by atoms with Gasteiger partial charge < -0.3 is 24.8 Å². The summed E-state index contributed by atoms with van der Waals surface area (Å²) in [7, 11) is 0. The van der Waals surface area contributed by atoms with Gasteiger partial charge in [0, 0.05) is 18.3 Å². The van der Waals surface area contributed by atoms with Gasteiger partial charge in [-0.15, -0.1) is 0 Å². The van der Waals surface area contributed by atoms with Crippen molar-refractivity contribution >= 4 is 18.0 Å². The highest BCUT2D eigenvalue weighted by Gasteiger charge is 2.25. The smallest absolute Gasteiger partial charge is 0.408 e. The van der Waals surface area contributed by atoms with Crippen LogP contribution in [0.5, 0.6) is 0 Å². The number of H-pyrrole nitrogens is 1. The van der Waals surface area contributed by atoms with Crippen LogP contribution in [0.3, 0.4) is 0 Å². The van der Waals surface area contributed by atoms with Crippen molar-refractivity contribution in [2.45, 2.75) is 52.5 Å². The zero-order valence-electron chi connectivity index (χ0n) is 20.8. The van der Waals surface area contributed by atoms with Crippen molar-refractivity contribution in [3.8, 4) is 0 Å². The van der Waals surface area contributed by atoms with Crippen LogP contribution in [0.4, 0.5) is 4.79 Å². The van der Waals surface area contributed by atoms with Gasteiger partial charge in [0.15, 0.2) is 0 Å². The Morgan fingerprint density at radius 2 is 1.83 bits per heavy atom.